The number of nitrogens with one attached hydrogen (secondary N) is 1. The molecule has 0 saturated carbocycles. The van der Waals surface area contributed by atoms with Crippen molar-refractivity contribution in [3.8, 4) is 0 Å². The molecule has 0 spiro atoms. The number of piperidine rings is 1. The van der Waals surface area contributed by atoms with E-state index < -0.39 is 29.0 Å². The van der Waals surface area contributed by atoms with Crippen LogP contribution in [0.15, 0.2) is 48.5 Å². The van der Waals surface area contributed by atoms with Gasteiger partial charge < -0.3 is 10.1 Å². The van der Waals surface area contributed by atoms with Gasteiger partial charge in [0.2, 0.25) is 0 Å². The number of alkyl halides is 6. The number of halogens is 6. The van der Waals surface area contributed by atoms with Gasteiger partial charge in [-0.1, -0.05) is 30.3 Å². The minimum Gasteiger partial charge on any atom is -0.376 e. The number of hydrogen-bond acceptors (Lipinski definition) is 5. The Morgan fingerprint density at radius 2 is 1.68 bits per heavy atom. The van der Waals surface area contributed by atoms with Crippen molar-refractivity contribution in [1.82, 2.24) is 25.5 Å². The number of fused-ring (bicyclic) bond motifs is 2. The monoisotopic (exact) mass is 525 g/mol. The lowest BCUT2D eigenvalue weighted by atomic mass is 9.80. The van der Waals surface area contributed by atoms with Crippen molar-refractivity contribution in [3.63, 3.8) is 0 Å². The van der Waals surface area contributed by atoms with Gasteiger partial charge in [-0.15, -0.1) is 5.10 Å². The van der Waals surface area contributed by atoms with Crippen LogP contribution in [0.2, 0.25) is 0 Å². The van der Waals surface area contributed by atoms with E-state index in [9.17, 15) is 26.3 Å². The first-order valence-corrected chi connectivity index (χ1v) is 11.9. The van der Waals surface area contributed by atoms with E-state index in [1.165, 1.54) is 0 Å². The standard InChI is InChI=1S/C25H25F6N5O/c1-36-22(33-34-35-36)19-14-23(16-5-3-2-4-6-16)21(8-7-20(19)32-23)37-10-9-15-11-17(24(26,27)28)13-18(12-15)25(29,30)31/h2-6,11-13,19-21,32H,7-10,14H2,1H3. The first kappa shape index (κ1) is 25.7. The molecule has 2 aliphatic rings. The summed E-state index contributed by atoms with van der Waals surface area (Å²) in [6, 6.07) is 11.5. The molecule has 2 bridgehead atoms. The Morgan fingerprint density at radius 3 is 2.27 bits per heavy atom. The van der Waals surface area contributed by atoms with Crippen molar-refractivity contribution in [2.45, 2.75) is 61.6 Å². The minimum absolute atomic E-state index is 0.0200. The molecule has 0 amide bonds. The molecule has 0 aliphatic carbocycles. The van der Waals surface area contributed by atoms with Crippen LogP contribution in [0.1, 0.15) is 53.3 Å². The Morgan fingerprint density at radius 1 is 1.00 bits per heavy atom. The van der Waals surface area contributed by atoms with Gasteiger partial charge in [-0.2, -0.15) is 26.3 Å². The largest absolute Gasteiger partial charge is 0.416 e. The Kier molecular flexibility index (Phi) is 6.51. The second-order valence-electron chi connectivity index (χ2n) is 9.66. The second kappa shape index (κ2) is 9.39. The van der Waals surface area contributed by atoms with Gasteiger partial charge in [0, 0.05) is 19.0 Å². The number of tetrazole rings is 1. The highest BCUT2D eigenvalue weighted by atomic mass is 19.4. The molecule has 6 nitrogen and oxygen atoms in total. The van der Waals surface area contributed by atoms with Crippen molar-refractivity contribution >= 4 is 0 Å². The molecular formula is C25H25F6N5O. The molecule has 0 radical (unpaired) electrons. The second-order valence-corrected chi connectivity index (χ2v) is 9.66. The zero-order valence-corrected chi connectivity index (χ0v) is 19.9. The van der Waals surface area contributed by atoms with E-state index in [0.717, 1.165) is 29.9 Å². The number of aryl methyl sites for hydroxylation is 1. The topological polar surface area (TPSA) is 64.9 Å². The maximum absolute atomic E-state index is 13.2. The van der Waals surface area contributed by atoms with E-state index in [-0.39, 0.29) is 42.7 Å². The molecular weight excluding hydrogens is 500 g/mol. The number of nitrogens with zero attached hydrogens (tertiary/aromatic N) is 4. The molecule has 5 rings (SSSR count). The van der Waals surface area contributed by atoms with Gasteiger partial charge in [0.05, 0.1) is 29.4 Å². The van der Waals surface area contributed by atoms with Crippen LogP contribution in [0, 0.1) is 0 Å². The lowest BCUT2D eigenvalue weighted by Gasteiger charge is -2.42. The number of hydrogen-bond donors (Lipinski definition) is 1. The van der Waals surface area contributed by atoms with E-state index in [0.29, 0.717) is 12.8 Å². The van der Waals surface area contributed by atoms with Crippen LogP contribution in [-0.4, -0.2) is 39.0 Å². The average molecular weight is 525 g/mol. The first-order valence-electron chi connectivity index (χ1n) is 11.9. The molecule has 2 aromatic carbocycles. The molecule has 3 aromatic rings. The summed E-state index contributed by atoms with van der Waals surface area (Å²) in [6.45, 7) is -0.0274. The van der Waals surface area contributed by atoms with Gasteiger partial charge >= 0.3 is 12.4 Å². The Bertz CT molecular complexity index is 1210. The molecule has 3 heterocycles. The van der Waals surface area contributed by atoms with E-state index in [1.807, 2.05) is 30.3 Å². The predicted octanol–water partition coefficient (Wildman–Crippen LogP) is 5.01. The molecule has 1 aromatic heterocycles. The Balaban J connectivity index is 1.38. The molecule has 1 N–H and O–H groups in total. The molecule has 37 heavy (non-hydrogen) atoms. The van der Waals surface area contributed by atoms with Gasteiger partial charge in [0.25, 0.3) is 0 Å². The van der Waals surface area contributed by atoms with Gasteiger partial charge in [-0.3, -0.25) is 0 Å². The number of rotatable bonds is 6. The molecule has 2 aliphatic heterocycles. The van der Waals surface area contributed by atoms with Crippen LogP contribution < -0.4 is 5.32 Å². The summed E-state index contributed by atoms with van der Waals surface area (Å²) >= 11 is 0. The van der Waals surface area contributed by atoms with Crippen LogP contribution in [0.5, 0.6) is 0 Å². The van der Waals surface area contributed by atoms with Crippen molar-refractivity contribution in [1.29, 1.82) is 0 Å². The van der Waals surface area contributed by atoms with Crippen LogP contribution >= 0.6 is 0 Å². The third-order valence-corrected chi connectivity index (χ3v) is 7.39. The minimum atomic E-state index is -4.88. The van der Waals surface area contributed by atoms with E-state index in [1.54, 1.807) is 11.7 Å². The zero-order chi connectivity index (χ0) is 26.4. The van der Waals surface area contributed by atoms with Crippen molar-refractivity contribution in [2.24, 2.45) is 7.05 Å². The smallest absolute Gasteiger partial charge is 0.376 e. The highest BCUT2D eigenvalue weighted by Gasteiger charge is 2.55. The first-order chi connectivity index (χ1) is 17.5. The fourth-order valence-corrected chi connectivity index (χ4v) is 5.71. The van der Waals surface area contributed by atoms with Gasteiger partial charge in [-0.05, 0) is 65.4 Å². The lowest BCUT2D eigenvalue weighted by Crippen LogP contribution is -2.54. The van der Waals surface area contributed by atoms with Crippen molar-refractivity contribution in [3.05, 3.63) is 76.6 Å². The van der Waals surface area contributed by atoms with Crippen LogP contribution in [0.25, 0.3) is 0 Å². The number of benzene rings is 2. The Labute approximate surface area is 209 Å². The summed E-state index contributed by atoms with van der Waals surface area (Å²) in [5.41, 5.74) is -2.31. The summed E-state index contributed by atoms with van der Waals surface area (Å²) in [5.74, 6) is 0.770. The molecule has 12 heteroatoms. The third-order valence-electron chi connectivity index (χ3n) is 7.39. The molecule has 4 atom stereocenters. The van der Waals surface area contributed by atoms with E-state index in [2.05, 4.69) is 20.8 Å². The van der Waals surface area contributed by atoms with Crippen LogP contribution in [-0.2, 0) is 36.1 Å². The van der Waals surface area contributed by atoms with Crippen LogP contribution in [0.4, 0.5) is 26.3 Å². The summed E-state index contributed by atoms with van der Waals surface area (Å²) in [5, 5.41) is 15.6. The predicted molar refractivity (Wildman–Crippen MR) is 120 cm³/mol. The van der Waals surface area contributed by atoms with Gasteiger partial charge in [0.15, 0.2) is 5.82 Å². The van der Waals surface area contributed by atoms with Crippen molar-refractivity contribution < 1.29 is 31.1 Å². The van der Waals surface area contributed by atoms with Gasteiger partial charge in [-0.25, -0.2) is 4.68 Å². The SMILES string of the molecule is Cn1nnnc1C1CC2(c3ccccc3)NC1CCC2OCCc1cc(C(F)(F)F)cc(C(F)(F)F)c1. The van der Waals surface area contributed by atoms with Crippen LogP contribution in [0.3, 0.4) is 0 Å². The fourth-order valence-electron chi connectivity index (χ4n) is 5.71. The normalized spacial score (nSPS) is 26.0. The summed E-state index contributed by atoms with van der Waals surface area (Å²) < 4.78 is 87.4. The maximum atomic E-state index is 13.2. The van der Waals surface area contributed by atoms with Crippen molar-refractivity contribution in [2.75, 3.05) is 6.61 Å². The number of aromatic nitrogens is 4. The molecule has 4 unspecified atom stereocenters. The summed E-state index contributed by atoms with van der Waals surface area (Å²) in [4.78, 5) is 0. The maximum Gasteiger partial charge on any atom is 0.416 e. The number of ether oxygens (including phenoxy) is 1. The quantitative estimate of drug-likeness (QED) is 0.459. The van der Waals surface area contributed by atoms with E-state index in [4.69, 9.17) is 4.74 Å². The molecule has 2 saturated heterocycles. The molecule has 198 valence electrons. The summed E-state index contributed by atoms with van der Waals surface area (Å²) in [7, 11) is 1.78. The molecule has 2 fully saturated rings. The third kappa shape index (κ3) is 4.96. The average Bonchev–Trinajstić information content (AvgIpc) is 3.41. The fraction of sp³-hybridized carbons (Fsp3) is 0.480. The van der Waals surface area contributed by atoms with E-state index >= 15 is 0 Å². The van der Waals surface area contributed by atoms with Gasteiger partial charge in [0.1, 0.15) is 0 Å². The highest BCUT2D eigenvalue weighted by molar-refractivity contribution is 5.34. The highest BCUT2D eigenvalue weighted by Crippen LogP contribution is 2.50. The zero-order valence-electron chi connectivity index (χ0n) is 19.9. The Hall–Kier alpha value is -2.99. The lowest BCUT2D eigenvalue weighted by molar-refractivity contribution is -0.143. The summed E-state index contributed by atoms with van der Waals surface area (Å²) in [6.07, 6.45) is -8.13.